The maximum Gasteiger partial charge on any atom is 0.232 e. The summed E-state index contributed by atoms with van der Waals surface area (Å²) in [5.41, 5.74) is 1.54. The number of hydrogen-bond acceptors (Lipinski definition) is 5. The number of ether oxygens (including phenoxy) is 1. The number of hydrogen-bond donors (Lipinski definition) is 3. The second-order valence-corrected chi connectivity index (χ2v) is 9.27. The highest BCUT2D eigenvalue weighted by Crippen LogP contribution is 2.22. The maximum absolute atomic E-state index is 11.8. The number of halogens is 2. The molecule has 29 heavy (non-hydrogen) atoms. The lowest BCUT2D eigenvalue weighted by Crippen LogP contribution is -2.32. The monoisotopic (exact) mass is 460 g/mol. The number of aliphatic hydroxyl groups excluding tert-OH is 1. The van der Waals surface area contributed by atoms with Crippen LogP contribution in [-0.4, -0.2) is 45.1 Å². The summed E-state index contributed by atoms with van der Waals surface area (Å²) in [4.78, 5) is 0. The van der Waals surface area contributed by atoms with Crippen molar-refractivity contribution in [3.8, 4) is 5.75 Å². The van der Waals surface area contributed by atoms with Gasteiger partial charge < -0.3 is 15.2 Å². The zero-order valence-electron chi connectivity index (χ0n) is 16.2. The van der Waals surface area contributed by atoms with Crippen molar-refractivity contribution in [1.82, 2.24) is 5.32 Å². The number of sulfonamides is 1. The largest absolute Gasteiger partial charge is 0.491 e. The Morgan fingerprint density at radius 3 is 2.48 bits per heavy atom. The minimum absolute atomic E-state index is 0.0789. The first kappa shape index (κ1) is 23.8. The van der Waals surface area contributed by atoms with E-state index in [0.29, 0.717) is 41.0 Å². The molecule has 0 aliphatic carbocycles. The molecule has 0 amide bonds. The SMILES string of the molecule is CCCS(=O)(=O)Nc1ccc(OC[C@@H](O)CNCCc2ccc(Cl)c(Cl)c2)cc1. The lowest BCUT2D eigenvalue weighted by atomic mass is 10.1. The predicted octanol–water partition coefficient (Wildman–Crippen LogP) is 3.72. The second kappa shape index (κ2) is 11.6. The molecule has 0 heterocycles. The van der Waals surface area contributed by atoms with E-state index in [9.17, 15) is 13.5 Å². The van der Waals surface area contributed by atoms with Crippen molar-refractivity contribution in [1.29, 1.82) is 0 Å². The van der Waals surface area contributed by atoms with Gasteiger partial charge in [0.2, 0.25) is 10.0 Å². The Balaban J connectivity index is 1.68. The summed E-state index contributed by atoms with van der Waals surface area (Å²) in [5.74, 6) is 0.633. The van der Waals surface area contributed by atoms with Crippen molar-refractivity contribution in [3.05, 3.63) is 58.1 Å². The summed E-state index contributed by atoms with van der Waals surface area (Å²) in [6, 6.07) is 12.1. The molecule has 3 N–H and O–H groups in total. The normalized spacial score (nSPS) is 12.6. The van der Waals surface area contributed by atoms with Gasteiger partial charge in [0.25, 0.3) is 0 Å². The van der Waals surface area contributed by atoms with Crippen LogP contribution in [0.2, 0.25) is 10.0 Å². The standard InChI is InChI=1S/C20H26Cl2N2O4S/c1-2-11-29(26,27)24-16-4-6-18(7-5-16)28-14-17(25)13-23-10-9-15-3-8-19(21)20(22)12-15/h3-8,12,17,23-25H,2,9-11,13-14H2,1H3/t17-/m0/s1. The molecule has 1 atom stereocenters. The van der Waals surface area contributed by atoms with Crippen molar-refractivity contribution in [2.75, 3.05) is 30.2 Å². The summed E-state index contributed by atoms with van der Waals surface area (Å²) in [5, 5.41) is 14.3. The highest BCUT2D eigenvalue weighted by atomic mass is 35.5. The van der Waals surface area contributed by atoms with E-state index in [1.807, 2.05) is 19.1 Å². The van der Waals surface area contributed by atoms with E-state index in [1.54, 1.807) is 30.3 Å². The van der Waals surface area contributed by atoms with Crippen LogP contribution in [0.4, 0.5) is 5.69 Å². The van der Waals surface area contributed by atoms with Gasteiger partial charge in [-0.05, 0) is 61.3 Å². The fourth-order valence-corrected chi connectivity index (χ4v) is 4.02. The third-order valence-corrected chi connectivity index (χ3v) is 6.23. The molecule has 9 heteroatoms. The molecule has 0 saturated carbocycles. The molecule has 0 spiro atoms. The van der Waals surface area contributed by atoms with Crippen LogP contribution in [0, 0.1) is 0 Å². The average Bonchev–Trinajstić information content (AvgIpc) is 2.67. The maximum atomic E-state index is 11.8. The Morgan fingerprint density at radius 1 is 1.10 bits per heavy atom. The van der Waals surface area contributed by atoms with Crippen molar-refractivity contribution in [3.63, 3.8) is 0 Å². The highest BCUT2D eigenvalue weighted by molar-refractivity contribution is 7.92. The van der Waals surface area contributed by atoms with Gasteiger partial charge in [-0.25, -0.2) is 8.42 Å². The van der Waals surface area contributed by atoms with Crippen molar-refractivity contribution < 1.29 is 18.3 Å². The Bertz CT molecular complexity index is 877. The fourth-order valence-electron chi connectivity index (χ4n) is 2.57. The number of benzene rings is 2. The van der Waals surface area contributed by atoms with Gasteiger partial charge in [-0.15, -0.1) is 0 Å². The summed E-state index contributed by atoms with van der Waals surface area (Å²) in [6.07, 6.45) is 0.641. The molecular formula is C20H26Cl2N2O4S. The smallest absolute Gasteiger partial charge is 0.232 e. The summed E-state index contributed by atoms with van der Waals surface area (Å²) >= 11 is 11.9. The van der Waals surface area contributed by atoms with Crippen molar-refractivity contribution >= 4 is 38.9 Å². The molecule has 0 aromatic heterocycles. The molecule has 2 rings (SSSR count). The molecule has 2 aromatic carbocycles. The molecule has 0 aliphatic heterocycles. The van der Waals surface area contributed by atoms with E-state index in [4.69, 9.17) is 27.9 Å². The molecule has 160 valence electrons. The van der Waals surface area contributed by atoms with Gasteiger partial charge in [0.15, 0.2) is 0 Å². The Hall–Kier alpha value is -1.51. The average molecular weight is 461 g/mol. The van der Waals surface area contributed by atoms with Crippen molar-refractivity contribution in [2.45, 2.75) is 25.9 Å². The van der Waals surface area contributed by atoms with E-state index < -0.39 is 16.1 Å². The predicted molar refractivity (Wildman–Crippen MR) is 119 cm³/mol. The number of aliphatic hydroxyl groups is 1. The van der Waals surface area contributed by atoms with Gasteiger partial charge in [-0.2, -0.15) is 0 Å². The third-order valence-electron chi connectivity index (χ3n) is 4.00. The fraction of sp³-hybridized carbons (Fsp3) is 0.400. The van der Waals surface area contributed by atoms with Crippen LogP contribution in [0.25, 0.3) is 0 Å². The molecule has 0 radical (unpaired) electrons. The van der Waals surface area contributed by atoms with Crippen LogP contribution < -0.4 is 14.8 Å². The molecule has 0 fully saturated rings. The van der Waals surface area contributed by atoms with Gasteiger partial charge in [0, 0.05) is 12.2 Å². The van der Waals surface area contributed by atoms with E-state index >= 15 is 0 Å². The minimum atomic E-state index is -3.31. The van der Waals surface area contributed by atoms with Crippen LogP contribution in [0.3, 0.4) is 0 Å². The first-order chi connectivity index (χ1) is 13.8. The van der Waals surface area contributed by atoms with Gasteiger partial charge in [0.1, 0.15) is 18.5 Å². The van der Waals surface area contributed by atoms with Crippen LogP contribution in [0.1, 0.15) is 18.9 Å². The molecule has 2 aromatic rings. The van der Waals surface area contributed by atoms with E-state index in [0.717, 1.165) is 12.0 Å². The van der Waals surface area contributed by atoms with E-state index in [2.05, 4.69) is 10.0 Å². The highest BCUT2D eigenvalue weighted by Gasteiger charge is 2.09. The zero-order chi connectivity index (χ0) is 21.3. The Labute approximate surface area is 182 Å². The van der Waals surface area contributed by atoms with Crippen molar-refractivity contribution in [2.24, 2.45) is 0 Å². The zero-order valence-corrected chi connectivity index (χ0v) is 18.5. The number of nitrogens with one attached hydrogen (secondary N) is 2. The lowest BCUT2D eigenvalue weighted by Gasteiger charge is -2.14. The summed E-state index contributed by atoms with van der Waals surface area (Å²) in [7, 11) is -3.31. The molecule has 0 bridgehead atoms. The topological polar surface area (TPSA) is 87.7 Å². The Morgan fingerprint density at radius 2 is 1.83 bits per heavy atom. The van der Waals surface area contributed by atoms with Crippen LogP contribution in [0.15, 0.2) is 42.5 Å². The van der Waals surface area contributed by atoms with E-state index in [1.165, 1.54) is 0 Å². The molecule has 6 nitrogen and oxygen atoms in total. The second-order valence-electron chi connectivity index (χ2n) is 6.61. The quantitative estimate of drug-likeness (QED) is 0.420. The van der Waals surface area contributed by atoms with Crippen LogP contribution in [-0.2, 0) is 16.4 Å². The van der Waals surface area contributed by atoms with Gasteiger partial charge in [-0.3, -0.25) is 4.72 Å². The van der Waals surface area contributed by atoms with Crippen LogP contribution in [0.5, 0.6) is 5.75 Å². The van der Waals surface area contributed by atoms with Crippen LogP contribution >= 0.6 is 23.2 Å². The van der Waals surface area contributed by atoms with Gasteiger partial charge >= 0.3 is 0 Å². The molecular weight excluding hydrogens is 435 g/mol. The van der Waals surface area contributed by atoms with Gasteiger partial charge in [0.05, 0.1) is 15.8 Å². The number of rotatable bonds is 12. The minimum Gasteiger partial charge on any atom is -0.491 e. The first-order valence-electron chi connectivity index (χ1n) is 9.35. The van der Waals surface area contributed by atoms with E-state index in [-0.39, 0.29) is 12.4 Å². The summed E-state index contributed by atoms with van der Waals surface area (Å²) < 4.78 is 31.6. The molecule has 0 saturated heterocycles. The Kier molecular flexibility index (Phi) is 9.52. The lowest BCUT2D eigenvalue weighted by molar-refractivity contribution is 0.106. The summed E-state index contributed by atoms with van der Waals surface area (Å²) in [6.45, 7) is 3.00. The third kappa shape index (κ3) is 8.80. The molecule has 0 unspecified atom stereocenters. The molecule has 0 aliphatic rings. The number of anilines is 1. The first-order valence-corrected chi connectivity index (χ1v) is 11.8. The van der Waals surface area contributed by atoms with Gasteiger partial charge in [-0.1, -0.05) is 36.2 Å².